The van der Waals surface area contributed by atoms with Gasteiger partial charge in [0.15, 0.2) is 5.65 Å². The van der Waals surface area contributed by atoms with E-state index >= 15 is 0 Å². The summed E-state index contributed by atoms with van der Waals surface area (Å²) in [6.45, 7) is 4.07. The number of aryl methyl sites for hydroxylation is 2. The van der Waals surface area contributed by atoms with Crippen LogP contribution in [-0.2, 0) is 6.54 Å². The quantitative estimate of drug-likeness (QED) is 0.314. The fourth-order valence-corrected chi connectivity index (χ4v) is 5.67. The normalized spacial score (nSPS) is 11.5. The van der Waals surface area contributed by atoms with Crippen LogP contribution in [0.2, 0.25) is 5.02 Å². The number of phenolic OH excluding ortho intramolecular Hbond substituents is 1. The highest BCUT2D eigenvalue weighted by Crippen LogP contribution is 2.35. The molecule has 6 rings (SSSR count). The Labute approximate surface area is 220 Å². The summed E-state index contributed by atoms with van der Waals surface area (Å²) >= 11 is 7.64. The van der Waals surface area contributed by atoms with Gasteiger partial charge in [-0.05, 0) is 60.7 Å². The van der Waals surface area contributed by atoms with Crippen LogP contribution in [0, 0.1) is 13.8 Å². The van der Waals surface area contributed by atoms with Crippen molar-refractivity contribution in [3.8, 4) is 22.7 Å². The Morgan fingerprint density at radius 1 is 1.08 bits per heavy atom. The number of hydrogen-bond acceptors (Lipinski definition) is 7. The third kappa shape index (κ3) is 3.75. The summed E-state index contributed by atoms with van der Waals surface area (Å²) in [6, 6.07) is 14.3. The van der Waals surface area contributed by atoms with E-state index in [0.717, 1.165) is 16.8 Å². The maximum Gasteiger partial charge on any atom is 0.267 e. The van der Waals surface area contributed by atoms with E-state index in [2.05, 4.69) is 4.98 Å². The zero-order valence-corrected chi connectivity index (χ0v) is 21.5. The molecule has 0 aliphatic heterocycles. The number of para-hydroxylation sites is 1. The number of nitrogens with zero attached hydrogens (tertiary/aromatic N) is 5. The second-order valence-corrected chi connectivity index (χ2v) is 10.1. The van der Waals surface area contributed by atoms with Gasteiger partial charge >= 0.3 is 0 Å². The lowest BCUT2D eigenvalue weighted by molar-refractivity contribution is 0.475. The van der Waals surface area contributed by atoms with Gasteiger partial charge in [-0.2, -0.15) is 5.10 Å². The van der Waals surface area contributed by atoms with Crippen molar-refractivity contribution >= 4 is 49.9 Å². The van der Waals surface area contributed by atoms with Gasteiger partial charge in [0, 0.05) is 17.4 Å². The van der Waals surface area contributed by atoms with Crippen molar-refractivity contribution in [2.75, 3.05) is 5.73 Å². The SMILES string of the molecule is Cc1ccccc1-n1c(Cn2nc(-c3ccc(O)c(Cl)c3)c3c(N)ccnc32)nc2scc(C)c2c1=O. The first-order valence-electron chi connectivity index (χ1n) is 11.5. The van der Waals surface area contributed by atoms with Gasteiger partial charge in [-0.25, -0.2) is 14.6 Å². The van der Waals surface area contributed by atoms with Gasteiger partial charge < -0.3 is 10.8 Å². The number of phenols is 1. The van der Waals surface area contributed by atoms with Crippen LogP contribution in [0.5, 0.6) is 5.75 Å². The van der Waals surface area contributed by atoms with Crippen LogP contribution in [0.15, 0.2) is 64.9 Å². The van der Waals surface area contributed by atoms with Crippen molar-refractivity contribution in [1.29, 1.82) is 0 Å². The van der Waals surface area contributed by atoms with Crippen molar-refractivity contribution in [2.45, 2.75) is 20.4 Å². The maximum absolute atomic E-state index is 13.8. The van der Waals surface area contributed by atoms with Crippen LogP contribution in [-0.4, -0.2) is 29.4 Å². The summed E-state index contributed by atoms with van der Waals surface area (Å²) in [7, 11) is 0. The smallest absolute Gasteiger partial charge is 0.267 e. The van der Waals surface area contributed by atoms with E-state index in [0.29, 0.717) is 44.0 Å². The number of halogens is 1. The van der Waals surface area contributed by atoms with Crippen LogP contribution >= 0.6 is 22.9 Å². The lowest BCUT2D eigenvalue weighted by Crippen LogP contribution is -2.26. The first kappa shape index (κ1) is 23.2. The highest BCUT2D eigenvalue weighted by molar-refractivity contribution is 7.16. The summed E-state index contributed by atoms with van der Waals surface area (Å²) in [5.41, 5.74) is 11.2. The van der Waals surface area contributed by atoms with Crippen LogP contribution < -0.4 is 11.3 Å². The summed E-state index contributed by atoms with van der Waals surface area (Å²) < 4.78 is 3.36. The van der Waals surface area contributed by atoms with Crippen LogP contribution in [0.1, 0.15) is 17.0 Å². The van der Waals surface area contributed by atoms with E-state index in [1.807, 2.05) is 43.5 Å². The zero-order chi connectivity index (χ0) is 25.8. The van der Waals surface area contributed by atoms with E-state index in [-0.39, 0.29) is 22.9 Å². The number of rotatable bonds is 4. The Hall–Kier alpha value is -4.21. The molecular formula is C27H21ClN6O2S. The molecule has 0 spiro atoms. The molecule has 0 radical (unpaired) electrons. The Morgan fingerprint density at radius 3 is 2.68 bits per heavy atom. The fourth-order valence-electron chi connectivity index (χ4n) is 4.56. The second-order valence-electron chi connectivity index (χ2n) is 8.83. The van der Waals surface area contributed by atoms with Gasteiger partial charge in [0.05, 0.1) is 21.5 Å². The highest BCUT2D eigenvalue weighted by atomic mass is 35.5. The van der Waals surface area contributed by atoms with Crippen LogP contribution in [0.3, 0.4) is 0 Å². The summed E-state index contributed by atoms with van der Waals surface area (Å²) in [5, 5.41) is 18.2. The molecule has 184 valence electrons. The Balaban J connectivity index is 1.61. The highest BCUT2D eigenvalue weighted by Gasteiger charge is 2.21. The van der Waals surface area contributed by atoms with Gasteiger partial charge in [0.2, 0.25) is 0 Å². The molecule has 0 atom stereocenters. The molecule has 0 saturated heterocycles. The molecule has 0 aliphatic rings. The minimum atomic E-state index is -0.123. The molecule has 0 amide bonds. The van der Waals surface area contributed by atoms with E-state index in [4.69, 9.17) is 27.4 Å². The number of benzene rings is 2. The molecule has 0 saturated carbocycles. The Morgan fingerprint density at radius 2 is 1.89 bits per heavy atom. The van der Waals surface area contributed by atoms with Gasteiger partial charge in [0.1, 0.15) is 28.6 Å². The number of hydrogen-bond donors (Lipinski definition) is 2. The molecule has 0 bridgehead atoms. The Bertz CT molecular complexity index is 1910. The number of anilines is 1. The lowest BCUT2D eigenvalue weighted by Gasteiger charge is -2.15. The zero-order valence-electron chi connectivity index (χ0n) is 19.9. The molecule has 0 aliphatic carbocycles. The number of aromatic hydroxyl groups is 1. The topological polar surface area (TPSA) is 112 Å². The van der Waals surface area contributed by atoms with Crippen molar-refractivity contribution in [2.24, 2.45) is 0 Å². The Kier molecular flexibility index (Phi) is 5.47. The molecule has 4 aromatic heterocycles. The number of nitrogen functional groups attached to an aromatic ring is 1. The van der Waals surface area contributed by atoms with Crippen molar-refractivity contribution in [1.82, 2.24) is 24.3 Å². The largest absolute Gasteiger partial charge is 0.506 e. The first-order chi connectivity index (χ1) is 17.8. The van der Waals surface area contributed by atoms with Crippen molar-refractivity contribution in [3.05, 3.63) is 92.4 Å². The van der Waals surface area contributed by atoms with Crippen LogP contribution in [0.4, 0.5) is 5.69 Å². The summed E-state index contributed by atoms with van der Waals surface area (Å²) in [4.78, 5) is 24.0. The number of thiophene rings is 1. The van der Waals surface area contributed by atoms with E-state index < -0.39 is 0 Å². The van der Waals surface area contributed by atoms with Gasteiger partial charge in [0.25, 0.3) is 5.56 Å². The molecule has 4 heterocycles. The molecule has 10 heteroatoms. The molecule has 3 N–H and O–H groups in total. The predicted molar refractivity (Wildman–Crippen MR) is 148 cm³/mol. The summed E-state index contributed by atoms with van der Waals surface area (Å²) in [5.74, 6) is 0.504. The molecule has 8 nitrogen and oxygen atoms in total. The molecule has 0 fully saturated rings. The van der Waals surface area contributed by atoms with E-state index in [1.54, 1.807) is 33.6 Å². The molecule has 0 unspecified atom stereocenters. The van der Waals surface area contributed by atoms with Gasteiger partial charge in [-0.3, -0.25) is 9.36 Å². The standard InChI is InChI=1S/C27H21ClN6O2S/c1-14-5-3-4-6-19(14)34-21(31-26-22(27(34)36)15(2)13-37-26)12-33-25-23(18(29)9-10-30-25)24(32-33)16-7-8-20(35)17(28)11-16/h3-11,13,35H,12H2,1-2H3,(H2,29,30). The first-order valence-corrected chi connectivity index (χ1v) is 12.7. The number of pyridine rings is 1. The van der Waals surface area contributed by atoms with Crippen LogP contribution in [0.25, 0.3) is 38.2 Å². The fraction of sp³-hybridized carbons (Fsp3) is 0.111. The third-order valence-electron chi connectivity index (χ3n) is 6.40. The number of fused-ring (bicyclic) bond motifs is 2. The van der Waals surface area contributed by atoms with E-state index in [9.17, 15) is 9.90 Å². The monoisotopic (exact) mass is 528 g/mol. The van der Waals surface area contributed by atoms with Gasteiger partial charge in [-0.15, -0.1) is 11.3 Å². The van der Waals surface area contributed by atoms with Crippen molar-refractivity contribution in [3.63, 3.8) is 0 Å². The second kappa shape index (κ2) is 8.72. The molecule has 6 aromatic rings. The number of aromatic nitrogens is 5. The average Bonchev–Trinajstić information content (AvgIpc) is 3.43. The summed E-state index contributed by atoms with van der Waals surface area (Å²) in [6.07, 6.45) is 1.62. The number of nitrogens with two attached hydrogens (primary N) is 1. The molecular weight excluding hydrogens is 508 g/mol. The third-order valence-corrected chi connectivity index (χ3v) is 7.69. The van der Waals surface area contributed by atoms with Gasteiger partial charge in [-0.1, -0.05) is 29.8 Å². The maximum atomic E-state index is 13.8. The minimum Gasteiger partial charge on any atom is -0.506 e. The van der Waals surface area contributed by atoms with E-state index in [1.165, 1.54) is 17.4 Å². The predicted octanol–water partition coefficient (Wildman–Crippen LogP) is 5.47. The van der Waals surface area contributed by atoms with Crippen molar-refractivity contribution < 1.29 is 5.11 Å². The molecule has 2 aromatic carbocycles. The minimum absolute atomic E-state index is 0.0220. The average molecular weight is 529 g/mol. The lowest BCUT2D eigenvalue weighted by atomic mass is 10.1. The molecule has 37 heavy (non-hydrogen) atoms.